The van der Waals surface area contributed by atoms with Gasteiger partial charge in [-0.3, -0.25) is 0 Å². The van der Waals surface area contributed by atoms with E-state index < -0.39 is 0 Å². The largest absolute Gasteiger partial charge is 0.396 e. The summed E-state index contributed by atoms with van der Waals surface area (Å²) in [5, 5.41) is 8.73. The first-order valence-electron chi connectivity index (χ1n) is 3.36. The maximum absolute atomic E-state index is 8.73. The van der Waals surface area contributed by atoms with Gasteiger partial charge in [0.15, 0.2) is 0 Å². The van der Waals surface area contributed by atoms with Gasteiger partial charge >= 0.3 is 0 Å². The van der Waals surface area contributed by atoms with Crippen molar-refractivity contribution in [3.63, 3.8) is 0 Å². The molecule has 0 aromatic heterocycles. The lowest BCUT2D eigenvalue weighted by molar-refractivity contribution is 0.0402. The lowest BCUT2D eigenvalue weighted by Crippen LogP contribution is -2.35. The minimum absolute atomic E-state index is 0.391. The average molecular weight is 114 g/mol. The lowest BCUT2D eigenvalue weighted by atomic mass is 9.67. The number of hydrogen-bond donors (Lipinski definition) is 1. The van der Waals surface area contributed by atoms with E-state index in [1.807, 2.05) is 0 Å². The molecule has 0 radical (unpaired) electrons. The van der Waals surface area contributed by atoms with E-state index >= 15 is 0 Å². The summed E-state index contributed by atoms with van der Waals surface area (Å²) in [7, 11) is 0. The molecule has 8 heavy (non-hydrogen) atoms. The molecule has 0 bridgehead atoms. The third-order valence-corrected chi connectivity index (χ3v) is 2.42. The third-order valence-electron chi connectivity index (χ3n) is 2.42. The van der Waals surface area contributed by atoms with Crippen LogP contribution in [0, 0.1) is 17.8 Å². The molecule has 0 saturated heterocycles. The molecule has 0 heterocycles. The zero-order valence-corrected chi connectivity index (χ0v) is 5.59. The van der Waals surface area contributed by atoms with Crippen LogP contribution in [0.1, 0.15) is 20.3 Å². The summed E-state index contributed by atoms with van der Waals surface area (Å²) in [4.78, 5) is 0. The fraction of sp³-hybridized carbons (Fsp3) is 1.00. The molecule has 0 aliphatic heterocycles. The van der Waals surface area contributed by atoms with Gasteiger partial charge in [0.05, 0.1) is 0 Å². The molecule has 1 saturated carbocycles. The maximum Gasteiger partial charge on any atom is 0.0464 e. The third kappa shape index (κ3) is 0.752. The zero-order valence-electron chi connectivity index (χ0n) is 5.59. The summed E-state index contributed by atoms with van der Waals surface area (Å²) < 4.78 is 0. The van der Waals surface area contributed by atoms with Crippen LogP contribution < -0.4 is 0 Å². The monoisotopic (exact) mass is 114 g/mol. The van der Waals surface area contributed by atoms with Gasteiger partial charge in [-0.05, 0) is 24.2 Å². The molecule has 0 spiro atoms. The molecule has 1 aliphatic carbocycles. The van der Waals surface area contributed by atoms with Gasteiger partial charge in [0, 0.05) is 6.61 Å². The van der Waals surface area contributed by atoms with E-state index in [0.29, 0.717) is 12.5 Å². The smallest absolute Gasteiger partial charge is 0.0464 e. The Labute approximate surface area is 50.7 Å². The van der Waals surface area contributed by atoms with Crippen LogP contribution in [0.25, 0.3) is 0 Å². The highest BCUT2D eigenvalue weighted by Crippen LogP contribution is 2.38. The summed E-state index contributed by atoms with van der Waals surface area (Å²) in [6.45, 7) is 4.81. The molecule has 1 nitrogen and oxygen atoms in total. The first-order valence-corrected chi connectivity index (χ1v) is 3.36. The summed E-state index contributed by atoms with van der Waals surface area (Å²) in [6, 6.07) is 0. The SMILES string of the molecule is CC1CC(C)C1CO. The Morgan fingerprint density at radius 1 is 1.38 bits per heavy atom. The molecular weight excluding hydrogens is 100 g/mol. The van der Waals surface area contributed by atoms with E-state index in [4.69, 9.17) is 5.11 Å². The van der Waals surface area contributed by atoms with Crippen LogP contribution >= 0.6 is 0 Å². The van der Waals surface area contributed by atoms with Crippen LogP contribution in [0.5, 0.6) is 0 Å². The first kappa shape index (κ1) is 6.09. The van der Waals surface area contributed by atoms with Crippen LogP contribution in [0.4, 0.5) is 0 Å². The second-order valence-corrected chi connectivity index (χ2v) is 3.04. The number of aliphatic hydroxyl groups excluding tert-OH is 1. The van der Waals surface area contributed by atoms with Crippen LogP contribution in [-0.2, 0) is 0 Å². The van der Waals surface area contributed by atoms with Gasteiger partial charge in [0.25, 0.3) is 0 Å². The first-order chi connectivity index (χ1) is 3.75. The highest BCUT2D eigenvalue weighted by atomic mass is 16.3. The second kappa shape index (κ2) is 2.06. The quantitative estimate of drug-likeness (QED) is 0.544. The zero-order chi connectivity index (χ0) is 6.15. The Morgan fingerprint density at radius 2 is 1.88 bits per heavy atom. The molecule has 1 rings (SSSR count). The predicted octanol–water partition coefficient (Wildman–Crippen LogP) is 1.27. The standard InChI is InChI=1S/C7H14O/c1-5-3-6(2)7(5)4-8/h5-8H,3-4H2,1-2H3. The molecular formula is C7H14O. The van der Waals surface area contributed by atoms with Crippen molar-refractivity contribution in [2.45, 2.75) is 20.3 Å². The normalized spacial score (nSPS) is 46.1. The topological polar surface area (TPSA) is 20.2 Å². The second-order valence-electron chi connectivity index (χ2n) is 3.04. The Balaban J connectivity index is 2.29. The van der Waals surface area contributed by atoms with E-state index in [2.05, 4.69) is 13.8 Å². The van der Waals surface area contributed by atoms with Gasteiger partial charge < -0.3 is 5.11 Å². The number of hydrogen-bond acceptors (Lipinski definition) is 1. The van der Waals surface area contributed by atoms with E-state index in [0.717, 1.165) is 11.8 Å². The summed E-state index contributed by atoms with van der Waals surface area (Å²) in [6.07, 6.45) is 1.31. The lowest BCUT2D eigenvalue weighted by Gasteiger charge is -2.39. The van der Waals surface area contributed by atoms with Crippen molar-refractivity contribution in [3.8, 4) is 0 Å². The van der Waals surface area contributed by atoms with Crippen LogP contribution in [0.15, 0.2) is 0 Å². The highest BCUT2D eigenvalue weighted by molar-refractivity contribution is 4.82. The summed E-state index contributed by atoms with van der Waals surface area (Å²) in [5.41, 5.74) is 0. The molecule has 2 unspecified atom stereocenters. The minimum Gasteiger partial charge on any atom is -0.396 e. The van der Waals surface area contributed by atoms with Crippen molar-refractivity contribution in [1.82, 2.24) is 0 Å². The number of rotatable bonds is 1. The summed E-state index contributed by atoms with van der Waals surface area (Å²) >= 11 is 0. The van der Waals surface area contributed by atoms with Gasteiger partial charge in [-0.25, -0.2) is 0 Å². The molecule has 0 amide bonds. The minimum atomic E-state index is 0.391. The maximum atomic E-state index is 8.73. The van der Waals surface area contributed by atoms with Gasteiger partial charge in [0.2, 0.25) is 0 Å². The molecule has 2 atom stereocenters. The van der Waals surface area contributed by atoms with Gasteiger partial charge in [-0.1, -0.05) is 13.8 Å². The van der Waals surface area contributed by atoms with Crippen molar-refractivity contribution < 1.29 is 5.11 Å². The number of aliphatic hydroxyl groups is 1. The van der Waals surface area contributed by atoms with Gasteiger partial charge in [0.1, 0.15) is 0 Å². The van der Waals surface area contributed by atoms with E-state index in [1.165, 1.54) is 6.42 Å². The van der Waals surface area contributed by atoms with E-state index in [9.17, 15) is 0 Å². The van der Waals surface area contributed by atoms with Gasteiger partial charge in [-0.2, -0.15) is 0 Å². The Bertz CT molecular complexity index is 72.5. The molecule has 1 N–H and O–H groups in total. The van der Waals surface area contributed by atoms with Gasteiger partial charge in [-0.15, -0.1) is 0 Å². The molecule has 0 aromatic rings. The Hall–Kier alpha value is -0.0400. The van der Waals surface area contributed by atoms with Crippen LogP contribution in [0.2, 0.25) is 0 Å². The highest BCUT2D eigenvalue weighted by Gasteiger charge is 2.33. The van der Waals surface area contributed by atoms with Crippen LogP contribution in [-0.4, -0.2) is 11.7 Å². The molecule has 1 aliphatic rings. The van der Waals surface area contributed by atoms with Crippen molar-refractivity contribution >= 4 is 0 Å². The van der Waals surface area contributed by atoms with Crippen molar-refractivity contribution in [3.05, 3.63) is 0 Å². The molecule has 48 valence electrons. The summed E-state index contributed by atoms with van der Waals surface area (Å²) in [5.74, 6) is 2.15. The van der Waals surface area contributed by atoms with Crippen LogP contribution in [0.3, 0.4) is 0 Å². The molecule has 0 aromatic carbocycles. The predicted molar refractivity (Wildman–Crippen MR) is 33.5 cm³/mol. The average Bonchev–Trinajstić information content (AvgIpc) is 1.67. The molecule has 1 heteroatoms. The molecule has 1 fully saturated rings. The Morgan fingerprint density at radius 3 is 2.00 bits per heavy atom. The van der Waals surface area contributed by atoms with Crippen molar-refractivity contribution in [1.29, 1.82) is 0 Å². The fourth-order valence-electron chi connectivity index (χ4n) is 1.66. The fourth-order valence-corrected chi connectivity index (χ4v) is 1.66. The van der Waals surface area contributed by atoms with E-state index in [1.54, 1.807) is 0 Å². The van der Waals surface area contributed by atoms with Crippen molar-refractivity contribution in [2.24, 2.45) is 17.8 Å². The Kier molecular flexibility index (Phi) is 1.57. The van der Waals surface area contributed by atoms with E-state index in [-0.39, 0.29) is 0 Å². The van der Waals surface area contributed by atoms with Crippen molar-refractivity contribution in [2.75, 3.05) is 6.61 Å².